The van der Waals surface area contributed by atoms with Crippen molar-refractivity contribution < 1.29 is 14.4 Å². The molecule has 1 N–H and O–H groups in total. The van der Waals surface area contributed by atoms with Gasteiger partial charge in [0.2, 0.25) is 17.7 Å². The Morgan fingerprint density at radius 1 is 1.14 bits per heavy atom. The van der Waals surface area contributed by atoms with Gasteiger partial charge in [0.05, 0.1) is 12.0 Å². The van der Waals surface area contributed by atoms with Crippen LogP contribution in [0.3, 0.4) is 0 Å². The van der Waals surface area contributed by atoms with Gasteiger partial charge in [-0.05, 0) is 38.7 Å². The summed E-state index contributed by atoms with van der Waals surface area (Å²) < 4.78 is 0. The Labute approximate surface area is 167 Å². The lowest BCUT2D eigenvalue weighted by atomic mass is 9.83. The third-order valence-corrected chi connectivity index (χ3v) is 5.88. The average molecular weight is 386 g/mol. The largest absolute Gasteiger partial charge is 0.356 e. The van der Waals surface area contributed by atoms with Crippen LogP contribution in [0.5, 0.6) is 0 Å². The van der Waals surface area contributed by atoms with E-state index in [2.05, 4.69) is 5.32 Å². The third-order valence-electron chi connectivity index (χ3n) is 5.88. The molecule has 0 saturated carbocycles. The molecule has 2 fully saturated rings. The first kappa shape index (κ1) is 20.4. The van der Waals surface area contributed by atoms with Crippen LogP contribution in [0.1, 0.15) is 56.2 Å². The van der Waals surface area contributed by atoms with Gasteiger partial charge in [0, 0.05) is 39.0 Å². The summed E-state index contributed by atoms with van der Waals surface area (Å²) in [6.45, 7) is 6.68. The molecule has 1 aromatic carbocycles. The Kier molecular flexibility index (Phi) is 6.70. The van der Waals surface area contributed by atoms with Gasteiger partial charge in [0.15, 0.2) is 0 Å². The van der Waals surface area contributed by atoms with Crippen LogP contribution in [-0.2, 0) is 14.4 Å². The van der Waals surface area contributed by atoms with Crippen LogP contribution in [0, 0.1) is 12.8 Å². The van der Waals surface area contributed by atoms with E-state index < -0.39 is 0 Å². The molecule has 0 aliphatic carbocycles. The fourth-order valence-electron chi connectivity index (χ4n) is 4.33. The molecule has 28 heavy (non-hydrogen) atoms. The monoisotopic (exact) mass is 385 g/mol. The Bertz CT molecular complexity index is 716. The first-order valence-corrected chi connectivity index (χ1v) is 10.4. The number of likely N-dealkylation sites (tertiary alicyclic amines) is 2. The van der Waals surface area contributed by atoms with Crippen LogP contribution in [0.2, 0.25) is 0 Å². The fraction of sp³-hybridized carbons (Fsp3) is 0.591. The Hall–Kier alpha value is -2.37. The molecule has 1 aromatic rings. The quantitative estimate of drug-likeness (QED) is 0.733. The second kappa shape index (κ2) is 9.22. The summed E-state index contributed by atoms with van der Waals surface area (Å²) in [5.41, 5.74) is 2.18. The number of hydrogen-bond acceptors (Lipinski definition) is 3. The van der Waals surface area contributed by atoms with E-state index in [0.717, 1.165) is 30.5 Å². The number of piperidine rings is 1. The molecule has 2 aliphatic heterocycles. The minimum absolute atomic E-state index is 0.00396. The molecule has 6 heteroatoms. The Morgan fingerprint density at radius 3 is 2.54 bits per heavy atom. The average Bonchev–Trinajstić information content (AvgIpc) is 3.10. The van der Waals surface area contributed by atoms with Gasteiger partial charge >= 0.3 is 0 Å². The molecule has 0 radical (unpaired) electrons. The van der Waals surface area contributed by atoms with E-state index in [1.54, 1.807) is 0 Å². The highest BCUT2D eigenvalue weighted by molar-refractivity contribution is 5.85. The van der Waals surface area contributed by atoms with E-state index >= 15 is 0 Å². The minimum Gasteiger partial charge on any atom is -0.356 e. The number of benzene rings is 1. The predicted molar refractivity (Wildman–Crippen MR) is 107 cm³/mol. The molecule has 2 atom stereocenters. The molecule has 2 saturated heterocycles. The maximum Gasteiger partial charge on any atom is 0.225 e. The van der Waals surface area contributed by atoms with Crippen molar-refractivity contribution >= 4 is 17.7 Å². The highest BCUT2D eigenvalue weighted by atomic mass is 16.2. The van der Waals surface area contributed by atoms with Gasteiger partial charge in [0.25, 0.3) is 0 Å². The van der Waals surface area contributed by atoms with E-state index in [-0.39, 0.29) is 29.7 Å². The van der Waals surface area contributed by atoms with Crippen LogP contribution < -0.4 is 5.32 Å². The molecule has 3 rings (SSSR count). The molecule has 0 spiro atoms. The fourth-order valence-corrected chi connectivity index (χ4v) is 4.33. The maximum absolute atomic E-state index is 12.9. The molecule has 0 bridgehead atoms. The third kappa shape index (κ3) is 4.54. The lowest BCUT2D eigenvalue weighted by Crippen LogP contribution is -2.48. The van der Waals surface area contributed by atoms with Gasteiger partial charge in [-0.25, -0.2) is 0 Å². The first-order valence-electron chi connectivity index (χ1n) is 10.4. The van der Waals surface area contributed by atoms with Crippen molar-refractivity contribution in [3.05, 3.63) is 35.4 Å². The standard InChI is InChI=1S/C22H31N3O3/c1-3-25-20(27)12-11-18(21(25)17-9-7-16(2)8-10-17)22(28)23-13-5-15-24-14-4-6-19(24)26/h7-10,18,21H,3-6,11-15H2,1-2H3,(H,23,28)/t18-,21+/m1/s1. The van der Waals surface area contributed by atoms with Crippen molar-refractivity contribution in [3.8, 4) is 0 Å². The van der Waals surface area contributed by atoms with Crippen LogP contribution in [0.25, 0.3) is 0 Å². The van der Waals surface area contributed by atoms with E-state index in [1.807, 2.05) is 47.9 Å². The van der Waals surface area contributed by atoms with E-state index in [1.165, 1.54) is 0 Å². The van der Waals surface area contributed by atoms with Gasteiger partial charge in [-0.2, -0.15) is 0 Å². The number of amides is 3. The SMILES string of the molecule is CCN1C(=O)CC[C@@H](C(=O)NCCCN2CCCC2=O)[C@@H]1c1ccc(C)cc1. The van der Waals surface area contributed by atoms with Crippen LogP contribution in [-0.4, -0.2) is 53.7 Å². The number of carbonyl (C=O) groups excluding carboxylic acids is 3. The Balaban J connectivity index is 1.63. The van der Waals surface area contributed by atoms with Crippen LogP contribution in [0.15, 0.2) is 24.3 Å². The molecular formula is C22H31N3O3. The molecule has 0 unspecified atom stereocenters. The van der Waals surface area contributed by atoms with E-state index in [0.29, 0.717) is 38.9 Å². The predicted octanol–water partition coefficient (Wildman–Crippen LogP) is 2.42. The molecule has 3 amide bonds. The lowest BCUT2D eigenvalue weighted by molar-refractivity contribution is -0.143. The van der Waals surface area contributed by atoms with Crippen molar-refractivity contribution in [2.75, 3.05) is 26.2 Å². The van der Waals surface area contributed by atoms with E-state index in [9.17, 15) is 14.4 Å². The zero-order valence-corrected chi connectivity index (χ0v) is 16.9. The summed E-state index contributed by atoms with van der Waals surface area (Å²) in [4.78, 5) is 40.8. The smallest absolute Gasteiger partial charge is 0.225 e. The van der Waals surface area contributed by atoms with Gasteiger partial charge in [-0.15, -0.1) is 0 Å². The molecule has 6 nitrogen and oxygen atoms in total. The number of nitrogens with one attached hydrogen (secondary N) is 1. The summed E-state index contributed by atoms with van der Waals surface area (Å²) in [7, 11) is 0. The summed E-state index contributed by atoms with van der Waals surface area (Å²) in [6, 6.07) is 7.90. The molecule has 2 heterocycles. The van der Waals surface area contributed by atoms with Gasteiger partial charge in [0.1, 0.15) is 0 Å². The second-order valence-corrected chi connectivity index (χ2v) is 7.81. The molecule has 152 valence electrons. The van der Waals surface area contributed by atoms with Gasteiger partial charge < -0.3 is 15.1 Å². The molecular weight excluding hydrogens is 354 g/mol. The maximum atomic E-state index is 12.9. The Morgan fingerprint density at radius 2 is 1.89 bits per heavy atom. The van der Waals surface area contributed by atoms with Crippen molar-refractivity contribution in [1.29, 1.82) is 0 Å². The summed E-state index contributed by atoms with van der Waals surface area (Å²) in [5.74, 6) is 0.0952. The minimum atomic E-state index is -0.242. The van der Waals surface area contributed by atoms with Crippen LogP contribution in [0.4, 0.5) is 0 Å². The van der Waals surface area contributed by atoms with Gasteiger partial charge in [-0.3, -0.25) is 14.4 Å². The number of aryl methyl sites for hydroxylation is 1. The number of hydrogen-bond donors (Lipinski definition) is 1. The normalized spacial score (nSPS) is 22.6. The van der Waals surface area contributed by atoms with Crippen LogP contribution >= 0.6 is 0 Å². The number of nitrogens with zero attached hydrogens (tertiary/aromatic N) is 2. The summed E-state index contributed by atoms with van der Waals surface area (Å²) in [6.07, 6.45) is 3.33. The summed E-state index contributed by atoms with van der Waals surface area (Å²) >= 11 is 0. The van der Waals surface area contributed by atoms with E-state index in [4.69, 9.17) is 0 Å². The topological polar surface area (TPSA) is 69.7 Å². The van der Waals surface area contributed by atoms with Crippen molar-refractivity contribution in [3.63, 3.8) is 0 Å². The highest BCUT2D eigenvalue weighted by Crippen LogP contribution is 2.36. The number of rotatable bonds is 7. The van der Waals surface area contributed by atoms with Crippen molar-refractivity contribution in [2.45, 2.75) is 52.0 Å². The highest BCUT2D eigenvalue weighted by Gasteiger charge is 2.39. The lowest BCUT2D eigenvalue weighted by Gasteiger charge is -2.40. The number of carbonyl (C=O) groups is 3. The van der Waals surface area contributed by atoms with Crippen molar-refractivity contribution in [1.82, 2.24) is 15.1 Å². The molecule has 2 aliphatic rings. The zero-order valence-electron chi connectivity index (χ0n) is 16.9. The second-order valence-electron chi connectivity index (χ2n) is 7.81. The first-order chi connectivity index (χ1) is 13.5. The summed E-state index contributed by atoms with van der Waals surface area (Å²) in [5, 5.41) is 3.05. The van der Waals surface area contributed by atoms with Crippen molar-refractivity contribution in [2.24, 2.45) is 5.92 Å². The zero-order chi connectivity index (χ0) is 20.1. The molecule has 0 aromatic heterocycles. The van der Waals surface area contributed by atoms with Gasteiger partial charge in [-0.1, -0.05) is 29.8 Å².